The molecule has 0 unspecified atom stereocenters. The van der Waals surface area contributed by atoms with Crippen molar-refractivity contribution >= 4 is 11.2 Å². The molecule has 0 spiro atoms. The van der Waals surface area contributed by atoms with E-state index in [1.807, 2.05) is 42.7 Å². The van der Waals surface area contributed by atoms with Crippen molar-refractivity contribution in [3.05, 3.63) is 80.8 Å². The number of tetrazole rings is 1. The van der Waals surface area contributed by atoms with Gasteiger partial charge < -0.3 is 4.57 Å². The Bertz CT molecular complexity index is 1740. The molecular formula is C30H36N8O2. The largest absolute Gasteiger partial charge is 0.332 e. The summed E-state index contributed by atoms with van der Waals surface area (Å²) in [5.74, 6) is 1.42. The second-order valence-electron chi connectivity index (χ2n) is 11.4. The standard InChI is InChI=1S/C30H36N8O2/c1-6-16-36-27-25(28(39)37(17-7-2)29(36)40)38(24(31-27)18-30(3,4)5)19-20-12-14-21(15-13-20)22-10-8-9-11-23(22)26-32-34-35-33-26/h8-15H,6-7,16-19H2,1-5H3,(H,32,33,34,35). The normalized spacial score (nSPS) is 11.9. The van der Waals surface area contributed by atoms with E-state index in [1.54, 1.807) is 4.57 Å². The molecule has 0 fully saturated rings. The number of hydrogen-bond donors (Lipinski definition) is 1. The van der Waals surface area contributed by atoms with Gasteiger partial charge in [-0.25, -0.2) is 14.9 Å². The number of aromatic nitrogens is 8. The number of nitrogens with zero attached hydrogens (tertiary/aromatic N) is 7. The molecule has 0 aliphatic rings. The molecule has 208 valence electrons. The predicted octanol–water partition coefficient (Wildman–Crippen LogP) is 4.66. The molecule has 0 amide bonds. The van der Waals surface area contributed by atoms with E-state index in [2.05, 4.69) is 65.7 Å². The number of nitrogens with one attached hydrogen (secondary N) is 1. The Kier molecular flexibility index (Phi) is 7.51. The second-order valence-corrected chi connectivity index (χ2v) is 11.4. The number of benzene rings is 2. The van der Waals surface area contributed by atoms with Crippen molar-refractivity contribution < 1.29 is 0 Å². The number of imidazole rings is 1. The monoisotopic (exact) mass is 540 g/mol. The molecule has 5 aromatic rings. The minimum Gasteiger partial charge on any atom is -0.318 e. The topological polar surface area (TPSA) is 116 Å². The van der Waals surface area contributed by atoms with E-state index in [1.165, 1.54) is 4.57 Å². The molecule has 10 heteroatoms. The fourth-order valence-electron chi connectivity index (χ4n) is 5.15. The Morgan fingerprint density at radius 2 is 1.52 bits per heavy atom. The van der Waals surface area contributed by atoms with Crippen molar-refractivity contribution in [3.8, 4) is 22.5 Å². The van der Waals surface area contributed by atoms with Crippen molar-refractivity contribution in [2.45, 2.75) is 73.5 Å². The molecule has 0 saturated heterocycles. The first-order valence-electron chi connectivity index (χ1n) is 13.9. The number of fused-ring (bicyclic) bond motifs is 1. The van der Waals surface area contributed by atoms with Crippen LogP contribution >= 0.6 is 0 Å². The third kappa shape index (κ3) is 5.25. The number of rotatable bonds is 9. The summed E-state index contributed by atoms with van der Waals surface area (Å²) in [4.78, 5) is 32.0. The summed E-state index contributed by atoms with van der Waals surface area (Å²) < 4.78 is 5.06. The maximum atomic E-state index is 13.7. The van der Waals surface area contributed by atoms with Crippen LogP contribution in [0.2, 0.25) is 0 Å². The highest BCUT2D eigenvalue weighted by Crippen LogP contribution is 2.30. The maximum Gasteiger partial charge on any atom is 0.332 e. The highest BCUT2D eigenvalue weighted by atomic mass is 16.2. The van der Waals surface area contributed by atoms with Crippen LogP contribution in [0.25, 0.3) is 33.7 Å². The second kappa shape index (κ2) is 11.0. The molecule has 0 radical (unpaired) electrons. The maximum absolute atomic E-state index is 13.7. The third-order valence-electron chi connectivity index (χ3n) is 6.91. The Labute approximate surface area is 232 Å². The van der Waals surface area contributed by atoms with Crippen LogP contribution in [0, 0.1) is 5.41 Å². The van der Waals surface area contributed by atoms with Crippen LogP contribution in [0.15, 0.2) is 58.1 Å². The summed E-state index contributed by atoms with van der Waals surface area (Å²) >= 11 is 0. The van der Waals surface area contributed by atoms with E-state index < -0.39 is 0 Å². The number of aryl methyl sites for hydroxylation is 1. The van der Waals surface area contributed by atoms with Crippen LogP contribution in [0.3, 0.4) is 0 Å². The minimum absolute atomic E-state index is 0.0550. The highest BCUT2D eigenvalue weighted by molar-refractivity contribution is 5.80. The zero-order valence-electron chi connectivity index (χ0n) is 23.8. The lowest BCUT2D eigenvalue weighted by Crippen LogP contribution is -2.40. The smallest absolute Gasteiger partial charge is 0.318 e. The van der Waals surface area contributed by atoms with Crippen LogP contribution in [-0.4, -0.2) is 39.3 Å². The van der Waals surface area contributed by atoms with Gasteiger partial charge >= 0.3 is 5.69 Å². The number of hydrogen-bond acceptors (Lipinski definition) is 6. The van der Waals surface area contributed by atoms with Gasteiger partial charge in [0, 0.05) is 31.6 Å². The van der Waals surface area contributed by atoms with E-state index in [0.29, 0.717) is 49.5 Å². The molecule has 3 aromatic heterocycles. The van der Waals surface area contributed by atoms with Gasteiger partial charge in [0.15, 0.2) is 17.0 Å². The van der Waals surface area contributed by atoms with Crippen LogP contribution in [0.4, 0.5) is 0 Å². The molecular weight excluding hydrogens is 504 g/mol. The van der Waals surface area contributed by atoms with Crippen molar-refractivity contribution in [2.75, 3.05) is 0 Å². The van der Waals surface area contributed by atoms with Gasteiger partial charge in [0.25, 0.3) is 5.56 Å². The molecule has 0 saturated carbocycles. The first-order chi connectivity index (χ1) is 19.2. The van der Waals surface area contributed by atoms with Crippen LogP contribution in [0.1, 0.15) is 58.8 Å². The lowest BCUT2D eigenvalue weighted by atomic mass is 9.92. The van der Waals surface area contributed by atoms with Gasteiger partial charge in [0.2, 0.25) is 0 Å². The van der Waals surface area contributed by atoms with E-state index >= 15 is 0 Å². The third-order valence-corrected chi connectivity index (χ3v) is 6.91. The van der Waals surface area contributed by atoms with Gasteiger partial charge in [-0.3, -0.25) is 13.9 Å². The fraction of sp³-hybridized carbons (Fsp3) is 0.400. The van der Waals surface area contributed by atoms with Crippen molar-refractivity contribution in [2.24, 2.45) is 5.41 Å². The van der Waals surface area contributed by atoms with E-state index in [9.17, 15) is 9.59 Å². The van der Waals surface area contributed by atoms with Crippen LogP contribution < -0.4 is 11.2 Å². The SMILES string of the molecule is CCCn1c(=O)c2c(nc(CC(C)(C)C)n2Cc2ccc(-c3ccccc3-c3nnn[nH]3)cc2)n(CCC)c1=O. The molecule has 10 nitrogen and oxygen atoms in total. The Hall–Kier alpha value is -4.34. The molecule has 40 heavy (non-hydrogen) atoms. The number of aromatic amines is 1. The van der Waals surface area contributed by atoms with Crippen molar-refractivity contribution in [1.82, 2.24) is 39.3 Å². The van der Waals surface area contributed by atoms with Crippen molar-refractivity contribution in [1.29, 1.82) is 0 Å². The van der Waals surface area contributed by atoms with Gasteiger partial charge in [0.05, 0.1) is 0 Å². The van der Waals surface area contributed by atoms with Gasteiger partial charge in [-0.1, -0.05) is 83.1 Å². The summed E-state index contributed by atoms with van der Waals surface area (Å²) in [6, 6.07) is 16.3. The van der Waals surface area contributed by atoms with E-state index in [4.69, 9.17) is 4.98 Å². The lowest BCUT2D eigenvalue weighted by molar-refractivity contribution is 0.394. The zero-order chi connectivity index (χ0) is 28.4. The lowest BCUT2D eigenvalue weighted by Gasteiger charge is -2.19. The molecule has 3 heterocycles. The summed E-state index contributed by atoms with van der Waals surface area (Å²) in [5.41, 5.74) is 4.36. The molecule has 1 N–H and O–H groups in total. The van der Waals surface area contributed by atoms with Crippen molar-refractivity contribution in [3.63, 3.8) is 0 Å². The first kappa shape index (κ1) is 27.2. The van der Waals surface area contributed by atoms with E-state index in [0.717, 1.165) is 34.5 Å². The summed E-state index contributed by atoms with van der Waals surface area (Å²) in [6.07, 6.45) is 2.14. The minimum atomic E-state index is -0.280. The quantitative estimate of drug-likeness (QED) is 0.291. The highest BCUT2D eigenvalue weighted by Gasteiger charge is 2.24. The summed E-state index contributed by atoms with van der Waals surface area (Å²) in [7, 11) is 0. The molecule has 0 atom stereocenters. The molecule has 5 rings (SSSR count). The number of H-pyrrole nitrogens is 1. The zero-order valence-corrected chi connectivity index (χ0v) is 23.8. The average molecular weight is 541 g/mol. The van der Waals surface area contributed by atoms with Gasteiger partial charge in [-0.2, -0.15) is 0 Å². The van der Waals surface area contributed by atoms with Crippen LogP contribution in [-0.2, 0) is 26.1 Å². The summed E-state index contributed by atoms with van der Waals surface area (Å²) in [5, 5.41) is 14.4. The first-order valence-corrected chi connectivity index (χ1v) is 13.9. The Morgan fingerprint density at radius 3 is 2.15 bits per heavy atom. The molecule has 2 aromatic carbocycles. The summed E-state index contributed by atoms with van der Waals surface area (Å²) in [6.45, 7) is 11.8. The molecule has 0 bridgehead atoms. The van der Waals surface area contributed by atoms with E-state index in [-0.39, 0.29) is 16.7 Å². The Morgan fingerprint density at radius 1 is 0.850 bits per heavy atom. The molecule has 0 aliphatic heterocycles. The van der Waals surface area contributed by atoms with Gasteiger partial charge in [-0.05, 0) is 45.4 Å². The average Bonchev–Trinajstić information content (AvgIpc) is 3.58. The van der Waals surface area contributed by atoms with Crippen LogP contribution in [0.5, 0.6) is 0 Å². The Balaban J connectivity index is 1.62. The van der Waals surface area contributed by atoms with Gasteiger partial charge in [0.1, 0.15) is 5.82 Å². The molecule has 0 aliphatic carbocycles. The van der Waals surface area contributed by atoms with Gasteiger partial charge in [-0.15, -0.1) is 5.10 Å². The predicted molar refractivity (Wildman–Crippen MR) is 156 cm³/mol. The fourth-order valence-corrected chi connectivity index (χ4v) is 5.15.